The Labute approximate surface area is 117 Å². The van der Waals surface area contributed by atoms with Crippen LogP contribution in [0, 0.1) is 11.7 Å². The molecule has 0 aliphatic rings. The van der Waals surface area contributed by atoms with Gasteiger partial charge in [-0.3, -0.25) is 4.79 Å². The maximum Gasteiger partial charge on any atom is 0.167 e. The molecule has 1 aromatic carbocycles. The molecular weight excluding hydrogens is 295 g/mol. The Morgan fingerprint density at radius 1 is 1.39 bits per heavy atom. The van der Waals surface area contributed by atoms with Crippen LogP contribution in [0.25, 0.3) is 0 Å². The maximum atomic E-state index is 13.7. The van der Waals surface area contributed by atoms with Crippen LogP contribution < -0.4 is 0 Å². The minimum Gasteiger partial charge on any atom is -0.294 e. The highest BCUT2D eigenvalue weighted by Gasteiger charge is 2.18. The Morgan fingerprint density at radius 3 is 2.67 bits per heavy atom. The molecule has 0 N–H and O–H groups in total. The third-order valence-corrected chi connectivity index (χ3v) is 3.92. The average Bonchev–Trinajstić information content (AvgIpc) is 2.34. The zero-order valence-corrected chi connectivity index (χ0v) is 12.6. The van der Waals surface area contributed by atoms with Crippen LogP contribution in [0.2, 0.25) is 0 Å². The molecule has 0 spiro atoms. The minimum atomic E-state index is -0.431. The van der Waals surface area contributed by atoms with Crippen LogP contribution in [0.15, 0.2) is 22.7 Å². The van der Waals surface area contributed by atoms with Gasteiger partial charge in [-0.05, 0) is 34.0 Å². The summed E-state index contributed by atoms with van der Waals surface area (Å²) in [5, 5.41) is 0. The summed E-state index contributed by atoms with van der Waals surface area (Å²) in [4.78, 5) is 12.1. The van der Waals surface area contributed by atoms with Crippen molar-refractivity contribution < 1.29 is 9.18 Å². The number of halogens is 2. The number of hydrogen-bond donors (Lipinski definition) is 0. The molecule has 1 atom stereocenters. The van der Waals surface area contributed by atoms with Gasteiger partial charge in [0.2, 0.25) is 0 Å². The van der Waals surface area contributed by atoms with Gasteiger partial charge in [-0.1, -0.05) is 45.6 Å². The van der Waals surface area contributed by atoms with Crippen molar-refractivity contribution in [3.63, 3.8) is 0 Å². The van der Waals surface area contributed by atoms with Crippen molar-refractivity contribution in [2.45, 2.75) is 46.0 Å². The smallest absolute Gasteiger partial charge is 0.167 e. The first-order chi connectivity index (χ1) is 8.60. The molecule has 1 rings (SSSR count). The van der Waals surface area contributed by atoms with Gasteiger partial charge in [-0.2, -0.15) is 0 Å². The molecule has 1 aromatic rings. The van der Waals surface area contributed by atoms with Gasteiger partial charge < -0.3 is 0 Å². The van der Waals surface area contributed by atoms with Crippen molar-refractivity contribution in [1.29, 1.82) is 0 Å². The molecular formula is C15H20BrFO. The second kappa shape index (κ2) is 7.67. The summed E-state index contributed by atoms with van der Waals surface area (Å²) < 4.78 is 14.2. The number of Topliss-reactive ketones (excluding diaryl/α,β-unsaturated/α-hetero) is 1. The third-order valence-electron chi connectivity index (χ3n) is 3.26. The molecule has 3 heteroatoms. The highest BCUT2D eigenvalue weighted by molar-refractivity contribution is 9.10. The molecule has 0 bridgehead atoms. The second-order valence-corrected chi connectivity index (χ2v) is 5.49. The normalized spacial score (nSPS) is 12.4. The predicted octanol–water partition coefficient (Wildman–Crippen LogP) is 5.38. The highest BCUT2D eigenvalue weighted by Crippen LogP contribution is 2.25. The standard InChI is InChI=1S/C15H20BrFO/c1-3-5-7-11(4-2)10-14(18)15-12(16)8-6-9-13(15)17/h6,8-9,11H,3-5,7,10H2,1-2H3. The molecule has 0 aliphatic heterocycles. The van der Waals surface area contributed by atoms with Crippen molar-refractivity contribution >= 4 is 21.7 Å². The van der Waals surface area contributed by atoms with Gasteiger partial charge >= 0.3 is 0 Å². The monoisotopic (exact) mass is 314 g/mol. The molecule has 0 saturated carbocycles. The lowest BCUT2D eigenvalue weighted by molar-refractivity contribution is 0.0952. The average molecular weight is 315 g/mol. The number of carbonyl (C=O) groups excluding carboxylic acids is 1. The second-order valence-electron chi connectivity index (χ2n) is 4.64. The first-order valence-electron chi connectivity index (χ1n) is 6.57. The van der Waals surface area contributed by atoms with E-state index in [-0.39, 0.29) is 11.3 Å². The van der Waals surface area contributed by atoms with E-state index in [1.165, 1.54) is 6.07 Å². The van der Waals surface area contributed by atoms with Crippen LogP contribution in [-0.4, -0.2) is 5.78 Å². The van der Waals surface area contributed by atoms with Gasteiger partial charge in [0.25, 0.3) is 0 Å². The lowest BCUT2D eigenvalue weighted by atomic mass is 9.91. The van der Waals surface area contributed by atoms with Gasteiger partial charge in [-0.15, -0.1) is 0 Å². The van der Waals surface area contributed by atoms with Crippen LogP contribution in [0.3, 0.4) is 0 Å². The number of carbonyl (C=O) groups is 1. The van der Waals surface area contributed by atoms with Crippen LogP contribution >= 0.6 is 15.9 Å². The molecule has 0 aromatic heterocycles. The summed E-state index contributed by atoms with van der Waals surface area (Å²) >= 11 is 3.25. The third kappa shape index (κ3) is 4.20. The van der Waals surface area contributed by atoms with Crippen molar-refractivity contribution in [1.82, 2.24) is 0 Å². The summed E-state index contributed by atoms with van der Waals surface area (Å²) in [7, 11) is 0. The Morgan fingerprint density at radius 2 is 2.11 bits per heavy atom. The lowest BCUT2D eigenvalue weighted by Gasteiger charge is -2.14. The Hall–Kier alpha value is -0.700. The van der Waals surface area contributed by atoms with Crippen molar-refractivity contribution in [2.75, 3.05) is 0 Å². The van der Waals surface area contributed by atoms with Crippen LogP contribution in [0.5, 0.6) is 0 Å². The fourth-order valence-corrected chi connectivity index (χ4v) is 2.63. The van der Waals surface area contributed by atoms with Crippen molar-refractivity contribution in [2.24, 2.45) is 5.92 Å². The van der Waals surface area contributed by atoms with Gasteiger partial charge in [0, 0.05) is 10.9 Å². The Kier molecular flexibility index (Phi) is 6.55. The van der Waals surface area contributed by atoms with E-state index in [2.05, 4.69) is 29.8 Å². The highest BCUT2D eigenvalue weighted by atomic mass is 79.9. The summed E-state index contributed by atoms with van der Waals surface area (Å²) in [6.45, 7) is 4.23. The number of ketones is 1. The van der Waals surface area contributed by atoms with E-state index in [0.717, 1.165) is 25.7 Å². The summed E-state index contributed by atoms with van der Waals surface area (Å²) in [6.07, 6.45) is 4.72. The topological polar surface area (TPSA) is 17.1 Å². The van der Waals surface area contributed by atoms with Crippen molar-refractivity contribution in [3.8, 4) is 0 Å². The number of hydrogen-bond acceptors (Lipinski definition) is 1. The fraction of sp³-hybridized carbons (Fsp3) is 0.533. The molecule has 0 radical (unpaired) electrons. The van der Waals surface area contributed by atoms with E-state index in [1.807, 2.05) is 0 Å². The Bertz CT molecular complexity index is 383. The van der Waals surface area contributed by atoms with Gasteiger partial charge in [0.1, 0.15) is 5.82 Å². The van der Waals surface area contributed by atoms with E-state index >= 15 is 0 Å². The summed E-state index contributed by atoms with van der Waals surface area (Å²) in [6, 6.07) is 4.65. The van der Waals surface area contributed by atoms with Gasteiger partial charge in [0.15, 0.2) is 5.78 Å². The quantitative estimate of drug-likeness (QED) is 0.618. The SMILES string of the molecule is CCCCC(CC)CC(=O)c1c(F)cccc1Br. The molecule has 18 heavy (non-hydrogen) atoms. The predicted molar refractivity (Wildman–Crippen MR) is 76.4 cm³/mol. The lowest BCUT2D eigenvalue weighted by Crippen LogP contribution is -2.10. The fourth-order valence-electron chi connectivity index (χ4n) is 2.07. The molecule has 0 amide bonds. The number of unbranched alkanes of at least 4 members (excludes halogenated alkanes) is 1. The van der Waals surface area contributed by atoms with Crippen LogP contribution in [0.1, 0.15) is 56.3 Å². The Balaban J connectivity index is 2.75. The van der Waals surface area contributed by atoms with Gasteiger partial charge in [0.05, 0.1) is 5.56 Å². The first-order valence-corrected chi connectivity index (χ1v) is 7.36. The van der Waals surface area contributed by atoms with E-state index in [4.69, 9.17) is 0 Å². The van der Waals surface area contributed by atoms with E-state index < -0.39 is 5.82 Å². The molecule has 0 saturated heterocycles. The zero-order chi connectivity index (χ0) is 13.5. The van der Waals surface area contributed by atoms with E-state index in [1.54, 1.807) is 12.1 Å². The van der Waals surface area contributed by atoms with Crippen LogP contribution in [-0.2, 0) is 0 Å². The van der Waals surface area contributed by atoms with Crippen molar-refractivity contribution in [3.05, 3.63) is 34.1 Å². The van der Waals surface area contributed by atoms with Gasteiger partial charge in [-0.25, -0.2) is 4.39 Å². The molecule has 100 valence electrons. The number of benzene rings is 1. The molecule has 0 fully saturated rings. The molecule has 1 unspecified atom stereocenters. The van der Waals surface area contributed by atoms with Crippen LogP contribution in [0.4, 0.5) is 4.39 Å². The largest absolute Gasteiger partial charge is 0.294 e. The number of rotatable bonds is 7. The molecule has 0 heterocycles. The van der Waals surface area contributed by atoms with E-state index in [0.29, 0.717) is 16.8 Å². The summed E-state index contributed by atoms with van der Waals surface area (Å²) in [5.41, 5.74) is 0.201. The minimum absolute atomic E-state index is 0.0945. The molecule has 0 aliphatic carbocycles. The van der Waals surface area contributed by atoms with E-state index in [9.17, 15) is 9.18 Å². The zero-order valence-electron chi connectivity index (χ0n) is 11.0. The molecule has 1 nitrogen and oxygen atoms in total. The summed E-state index contributed by atoms with van der Waals surface area (Å²) in [5.74, 6) is -0.161. The maximum absolute atomic E-state index is 13.7. The first kappa shape index (κ1) is 15.4.